The van der Waals surface area contributed by atoms with Crippen LogP contribution in [0.4, 0.5) is 0 Å². The van der Waals surface area contributed by atoms with Crippen molar-refractivity contribution in [1.82, 2.24) is 4.90 Å². The second kappa shape index (κ2) is 14.5. The van der Waals surface area contributed by atoms with E-state index in [-0.39, 0.29) is 5.91 Å². The molecular formula is C21H37NO. The number of carbonyl (C=O) groups excluding carboxylic acids is 1. The first-order valence-electron chi connectivity index (χ1n) is 9.96. The molecule has 2 nitrogen and oxygen atoms in total. The molecule has 0 aromatic heterocycles. The van der Waals surface area contributed by atoms with Gasteiger partial charge >= 0.3 is 0 Å². The molecule has 0 spiro atoms. The number of likely N-dealkylation sites (tertiary alicyclic amines) is 1. The fraction of sp³-hybridized carbons (Fsp3) is 0.762. The number of amides is 1. The molecule has 0 N–H and O–H groups in total. The number of carbonyl (C=O) groups is 1. The van der Waals surface area contributed by atoms with Crippen LogP contribution in [0.3, 0.4) is 0 Å². The lowest BCUT2D eigenvalue weighted by molar-refractivity contribution is -0.126. The van der Waals surface area contributed by atoms with Crippen molar-refractivity contribution in [2.24, 2.45) is 0 Å². The lowest BCUT2D eigenvalue weighted by Crippen LogP contribution is -2.34. The van der Waals surface area contributed by atoms with Gasteiger partial charge in [-0.3, -0.25) is 4.79 Å². The van der Waals surface area contributed by atoms with Crippen LogP contribution in [0, 0.1) is 0 Å². The van der Waals surface area contributed by atoms with E-state index in [9.17, 15) is 4.79 Å². The molecule has 1 aliphatic rings. The van der Waals surface area contributed by atoms with Gasteiger partial charge in [0, 0.05) is 19.2 Å². The van der Waals surface area contributed by atoms with E-state index in [1.165, 1.54) is 64.2 Å². The van der Waals surface area contributed by atoms with E-state index in [4.69, 9.17) is 0 Å². The van der Waals surface area contributed by atoms with Crippen LogP contribution in [0.2, 0.25) is 0 Å². The molecule has 1 fully saturated rings. The van der Waals surface area contributed by atoms with Crippen molar-refractivity contribution in [3.05, 3.63) is 24.3 Å². The Bertz CT molecular complexity index is 340. The quantitative estimate of drug-likeness (QED) is 0.244. The Morgan fingerprint density at radius 3 is 2.09 bits per heavy atom. The van der Waals surface area contributed by atoms with Gasteiger partial charge in [0.05, 0.1) is 0 Å². The number of allylic oxidation sites excluding steroid dienone is 3. The molecule has 1 amide bonds. The first kappa shape index (κ1) is 20.0. The van der Waals surface area contributed by atoms with Crippen LogP contribution in [0.1, 0.15) is 90.4 Å². The van der Waals surface area contributed by atoms with Gasteiger partial charge in [-0.25, -0.2) is 0 Å². The Hall–Kier alpha value is -1.05. The van der Waals surface area contributed by atoms with Crippen molar-refractivity contribution in [3.8, 4) is 0 Å². The third-order valence-corrected chi connectivity index (χ3v) is 4.63. The van der Waals surface area contributed by atoms with Crippen LogP contribution in [-0.4, -0.2) is 23.9 Å². The summed E-state index contributed by atoms with van der Waals surface area (Å²) in [5.74, 6) is 0.178. The molecule has 23 heavy (non-hydrogen) atoms. The van der Waals surface area contributed by atoms with Crippen molar-refractivity contribution in [1.29, 1.82) is 0 Å². The van der Waals surface area contributed by atoms with Gasteiger partial charge in [0.25, 0.3) is 0 Å². The zero-order chi connectivity index (χ0) is 16.6. The summed E-state index contributed by atoms with van der Waals surface area (Å²) in [6.45, 7) is 4.14. The lowest BCUT2D eigenvalue weighted by Gasteiger charge is -2.25. The molecule has 0 bridgehead atoms. The van der Waals surface area contributed by atoms with Gasteiger partial charge in [-0.1, -0.05) is 76.5 Å². The van der Waals surface area contributed by atoms with Gasteiger partial charge in [-0.05, 0) is 32.1 Å². The number of hydrogen-bond acceptors (Lipinski definition) is 1. The SMILES string of the molecule is CCCCCCCCCCCC=CC=CC(=O)N1CCCCC1. The first-order valence-corrected chi connectivity index (χ1v) is 9.96. The van der Waals surface area contributed by atoms with Gasteiger partial charge in [0.15, 0.2) is 0 Å². The molecule has 0 unspecified atom stereocenters. The predicted octanol–water partition coefficient (Wildman–Crippen LogP) is 6.03. The summed E-state index contributed by atoms with van der Waals surface area (Å²) < 4.78 is 0. The predicted molar refractivity (Wildman–Crippen MR) is 101 cm³/mol. The Morgan fingerprint density at radius 1 is 0.826 bits per heavy atom. The van der Waals surface area contributed by atoms with Gasteiger partial charge < -0.3 is 4.90 Å². The van der Waals surface area contributed by atoms with Crippen molar-refractivity contribution >= 4 is 5.91 Å². The zero-order valence-electron chi connectivity index (χ0n) is 15.3. The Balaban J connectivity index is 1.91. The molecule has 0 aliphatic carbocycles. The largest absolute Gasteiger partial charge is 0.339 e. The van der Waals surface area contributed by atoms with E-state index < -0.39 is 0 Å². The average Bonchev–Trinajstić information content (AvgIpc) is 2.59. The average molecular weight is 320 g/mol. The van der Waals surface area contributed by atoms with E-state index >= 15 is 0 Å². The smallest absolute Gasteiger partial charge is 0.246 e. The van der Waals surface area contributed by atoms with Crippen molar-refractivity contribution < 1.29 is 4.79 Å². The Morgan fingerprint density at radius 2 is 1.43 bits per heavy atom. The maximum atomic E-state index is 11.9. The monoisotopic (exact) mass is 319 g/mol. The van der Waals surface area contributed by atoms with Crippen molar-refractivity contribution in [3.63, 3.8) is 0 Å². The second-order valence-corrected chi connectivity index (χ2v) is 6.79. The number of unbranched alkanes of at least 4 members (excludes halogenated alkanes) is 9. The molecule has 0 aromatic carbocycles. The van der Waals surface area contributed by atoms with E-state index in [0.717, 1.165) is 32.4 Å². The van der Waals surface area contributed by atoms with Gasteiger partial charge in [-0.2, -0.15) is 0 Å². The molecule has 1 aliphatic heterocycles. The lowest BCUT2D eigenvalue weighted by atomic mass is 10.1. The minimum Gasteiger partial charge on any atom is -0.339 e. The maximum Gasteiger partial charge on any atom is 0.246 e. The van der Waals surface area contributed by atoms with Crippen LogP contribution in [0.15, 0.2) is 24.3 Å². The fourth-order valence-corrected chi connectivity index (χ4v) is 3.11. The summed E-state index contributed by atoms with van der Waals surface area (Å²) >= 11 is 0. The summed E-state index contributed by atoms with van der Waals surface area (Å²) in [6.07, 6.45) is 25.0. The van der Waals surface area contributed by atoms with Crippen LogP contribution >= 0.6 is 0 Å². The number of piperidine rings is 1. The van der Waals surface area contributed by atoms with Crippen LogP contribution < -0.4 is 0 Å². The van der Waals surface area contributed by atoms with Crippen LogP contribution in [-0.2, 0) is 4.79 Å². The standard InChI is InChI=1S/C21H37NO/c1-2-3-4-5-6-7-8-9-10-11-12-13-15-18-21(23)22-19-16-14-17-20-22/h12-13,15,18H,2-11,14,16-17,19-20H2,1H3. The Labute approximate surface area is 144 Å². The molecule has 0 saturated carbocycles. The summed E-state index contributed by atoms with van der Waals surface area (Å²) in [7, 11) is 0. The molecule has 1 saturated heterocycles. The van der Waals surface area contributed by atoms with Gasteiger partial charge in [0.1, 0.15) is 0 Å². The minimum absolute atomic E-state index is 0.178. The molecule has 1 heterocycles. The fourth-order valence-electron chi connectivity index (χ4n) is 3.11. The van der Waals surface area contributed by atoms with E-state index in [2.05, 4.69) is 13.0 Å². The molecule has 132 valence electrons. The highest BCUT2D eigenvalue weighted by Gasteiger charge is 2.12. The summed E-state index contributed by atoms with van der Waals surface area (Å²) in [4.78, 5) is 13.9. The van der Waals surface area contributed by atoms with Gasteiger partial charge in [-0.15, -0.1) is 0 Å². The first-order chi connectivity index (χ1) is 11.3. The molecule has 0 radical (unpaired) electrons. The van der Waals surface area contributed by atoms with Crippen LogP contribution in [0.5, 0.6) is 0 Å². The molecular weight excluding hydrogens is 282 g/mol. The topological polar surface area (TPSA) is 20.3 Å². The summed E-state index contributed by atoms with van der Waals surface area (Å²) in [5.41, 5.74) is 0. The normalized spacial score (nSPS) is 15.8. The number of hydrogen-bond donors (Lipinski definition) is 0. The van der Waals surface area contributed by atoms with E-state index in [1.54, 1.807) is 6.08 Å². The molecule has 0 atom stereocenters. The van der Waals surface area contributed by atoms with Crippen molar-refractivity contribution in [2.75, 3.05) is 13.1 Å². The molecule has 0 aromatic rings. The molecule has 1 rings (SSSR count). The molecule has 2 heteroatoms. The zero-order valence-corrected chi connectivity index (χ0v) is 15.3. The highest BCUT2D eigenvalue weighted by molar-refractivity contribution is 5.87. The number of nitrogens with zero attached hydrogens (tertiary/aromatic N) is 1. The van der Waals surface area contributed by atoms with Crippen molar-refractivity contribution in [2.45, 2.75) is 90.4 Å². The summed E-state index contributed by atoms with van der Waals surface area (Å²) in [6, 6.07) is 0. The third kappa shape index (κ3) is 11.2. The van der Waals surface area contributed by atoms with Crippen LogP contribution in [0.25, 0.3) is 0 Å². The second-order valence-electron chi connectivity index (χ2n) is 6.79. The number of rotatable bonds is 12. The highest BCUT2D eigenvalue weighted by Crippen LogP contribution is 2.11. The third-order valence-electron chi connectivity index (χ3n) is 4.63. The maximum absolute atomic E-state index is 11.9. The van der Waals surface area contributed by atoms with E-state index in [0.29, 0.717) is 0 Å². The Kier molecular flexibility index (Phi) is 12.6. The van der Waals surface area contributed by atoms with Gasteiger partial charge in [0.2, 0.25) is 5.91 Å². The minimum atomic E-state index is 0.178. The highest BCUT2D eigenvalue weighted by atomic mass is 16.2. The summed E-state index contributed by atoms with van der Waals surface area (Å²) in [5, 5.41) is 0. The van der Waals surface area contributed by atoms with E-state index in [1.807, 2.05) is 17.1 Å².